The highest BCUT2D eigenvalue weighted by atomic mass is 15.0. The lowest BCUT2D eigenvalue weighted by atomic mass is 9.97. The lowest BCUT2D eigenvalue weighted by molar-refractivity contribution is 1.17. The lowest BCUT2D eigenvalue weighted by Gasteiger charge is -2.12. The molecular formula is C52H34N2. The zero-order chi connectivity index (χ0) is 35.6. The first kappa shape index (κ1) is 30.5. The Kier molecular flexibility index (Phi) is 6.90. The van der Waals surface area contributed by atoms with Crippen LogP contribution in [0.2, 0.25) is 0 Å². The average molecular weight is 687 g/mol. The third-order valence-electron chi connectivity index (χ3n) is 11.1. The minimum absolute atomic E-state index is 1.15. The molecule has 0 unspecified atom stereocenters. The summed E-state index contributed by atoms with van der Waals surface area (Å²) < 4.78 is 4.89. The Morgan fingerprint density at radius 1 is 0.259 bits per heavy atom. The molecule has 0 saturated carbocycles. The molecule has 0 amide bonds. The number of para-hydroxylation sites is 2. The number of hydrogen-bond donors (Lipinski definition) is 0. The molecule has 0 radical (unpaired) electrons. The first-order chi connectivity index (χ1) is 26.8. The van der Waals surface area contributed by atoms with Crippen LogP contribution >= 0.6 is 0 Å². The summed E-state index contributed by atoms with van der Waals surface area (Å²) in [4.78, 5) is 0. The zero-order valence-electron chi connectivity index (χ0n) is 29.5. The quantitative estimate of drug-likeness (QED) is 0.171. The maximum Gasteiger partial charge on any atom is 0.0641 e. The number of benzene rings is 9. The number of aromatic nitrogens is 2. The Bertz CT molecular complexity index is 3170. The summed E-state index contributed by atoms with van der Waals surface area (Å²) in [5.41, 5.74) is 14.5. The van der Waals surface area contributed by atoms with Crippen molar-refractivity contribution in [2.24, 2.45) is 0 Å². The Balaban J connectivity index is 1.05. The molecule has 2 heterocycles. The van der Waals surface area contributed by atoms with Gasteiger partial charge < -0.3 is 9.13 Å². The number of hydrogen-bond acceptors (Lipinski definition) is 0. The van der Waals surface area contributed by atoms with E-state index in [4.69, 9.17) is 0 Å². The van der Waals surface area contributed by atoms with Crippen LogP contribution in [-0.4, -0.2) is 9.13 Å². The summed E-state index contributed by atoms with van der Waals surface area (Å²) in [6.07, 6.45) is 0. The van der Waals surface area contributed by atoms with Crippen molar-refractivity contribution in [1.82, 2.24) is 9.13 Å². The smallest absolute Gasteiger partial charge is 0.0641 e. The molecule has 11 rings (SSSR count). The topological polar surface area (TPSA) is 9.86 Å². The molecule has 0 aliphatic carbocycles. The van der Waals surface area contributed by atoms with Crippen molar-refractivity contribution in [3.8, 4) is 44.8 Å². The highest BCUT2D eigenvalue weighted by Gasteiger charge is 2.20. The molecule has 0 fully saturated rings. The van der Waals surface area contributed by atoms with Crippen LogP contribution in [0.3, 0.4) is 0 Å². The van der Waals surface area contributed by atoms with E-state index in [2.05, 4.69) is 215 Å². The van der Waals surface area contributed by atoms with E-state index < -0.39 is 0 Å². The average Bonchev–Trinajstić information content (AvgIpc) is 3.77. The van der Waals surface area contributed by atoms with Crippen molar-refractivity contribution in [2.75, 3.05) is 0 Å². The van der Waals surface area contributed by atoms with Gasteiger partial charge in [0.25, 0.3) is 0 Å². The van der Waals surface area contributed by atoms with Crippen LogP contribution in [0.5, 0.6) is 0 Å². The third-order valence-corrected chi connectivity index (χ3v) is 11.1. The Morgan fingerprint density at radius 2 is 0.704 bits per heavy atom. The van der Waals surface area contributed by atoms with Gasteiger partial charge in [0.15, 0.2) is 0 Å². The Labute approximate surface area is 313 Å². The fourth-order valence-electron chi connectivity index (χ4n) is 8.53. The normalized spacial score (nSPS) is 11.7. The molecule has 2 aromatic heterocycles. The van der Waals surface area contributed by atoms with E-state index in [1.807, 2.05) is 0 Å². The second-order valence-electron chi connectivity index (χ2n) is 14.2. The number of nitrogens with zero attached hydrogens (tertiary/aromatic N) is 2. The van der Waals surface area contributed by atoms with Crippen LogP contribution in [-0.2, 0) is 0 Å². The monoisotopic (exact) mass is 686 g/mol. The molecule has 0 bridgehead atoms. The SMILES string of the molecule is c1ccc(-c2ccc(-n3c4ccccc4c4ccc5c(c6ccccc6n5-c5ccc(-c6ccc7cc(-c8ccccc8)ccc7c6)cc5)c43)cc2)cc1. The van der Waals surface area contributed by atoms with Crippen LogP contribution in [0.15, 0.2) is 206 Å². The lowest BCUT2D eigenvalue weighted by Crippen LogP contribution is -1.95. The number of fused-ring (bicyclic) bond motifs is 8. The molecule has 0 N–H and O–H groups in total. The van der Waals surface area contributed by atoms with Crippen LogP contribution in [0.4, 0.5) is 0 Å². The molecule has 11 aromatic rings. The van der Waals surface area contributed by atoms with Crippen LogP contribution < -0.4 is 0 Å². The molecule has 2 nitrogen and oxygen atoms in total. The van der Waals surface area contributed by atoms with Gasteiger partial charge in [-0.3, -0.25) is 0 Å². The van der Waals surface area contributed by atoms with Gasteiger partial charge in [0, 0.05) is 32.9 Å². The van der Waals surface area contributed by atoms with Gasteiger partial charge in [-0.25, -0.2) is 0 Å². The van der Waals surface area contributed by atoms with E-state index in [-0.39, 0.29) is 0 Å². The van der Waals surface area contributed by atoms with Gasteiger partial charge in [-0.1, -0.05) is 152 Å². The zero-order valence-corrected chi connectivity index (χ0v) is 29.5. The molecule has 54 heavy (non-hydrogen) atoms. The highest BCUT2D eigenvalue weighted by molar-refractivity contribution is 6.26. The minimum atomic E-state index is 1.15. The van der Waals surface area contributed by atoms with Crippen molar-refractivity contribution >= 4 is 54.4 Å². The van der Waals surface area contributed by atoms with E-state index in [0.717, 1.165) is 11.4 Å². The summed E-state index contributed by atoms with van der Waals surface area (Å²) in [6.45, 7) is 0. The molecule has 0 aliphatic rings. The molecule has 0 saturated heterocycles. The minimum Gasteiger partial charge on any atom is -0.309 e. The van der Waals surface area contributed by atoms with Gasteiger partial charge in [-0.2, -0.15) is 0 Å². The molecule has 0 aliphatic heterocycles. The third kappa shape index (κ3) is 4.81. The maximum atomic E-state index is 2.46. The molecule has 9 aromatic carbocycles. The van der Waals surface area contributed by atoms with Crippen molar-refractivity contribution in [2.45, 2.75) is 0 Å². The maximum absolute atomic E-state index is 2.46. The van der Waals surface area contributed by atoms with Gasteiger partial charge in [-0.15, -0.1) is 0 Å². The first-order valence-electron chi connectivity index (χ1n) is 18.6. The van der Waals surface area contributed by atoms with Crippen molar-refractivity contribution in [3.05, 3.63) is 206 Å². The summed E-state index contributed by atoms with van der Waals surface area (Å²) in [5, 5.41) is 7.52. The van der Waals surface area contributed by atoms with E-state index in [1.54, 1.807) is 0 Å². The predicted octanol–water partition coefficient (Wildman–Crippen LogP) is 14.0. The van der Waals surface area contributed by atoms with Gasteiger partial charge in [0.05, 0.1) is 22.1 Å². The van der Waals surface area contributed by atoms with Crippen molar-refractivity contribution < 1.29 is 0 Å². The molecule has 252 valence electrons. The highest BCUT2D eigenvalue weighted by Crippen LogP contribution is 2.42. The van der Waals surface area contributed by atoms with Crippen molar-refractivity contribution in [1.29, 1.82) is 0 Å². The standard InChI is InChI=1S/C52H34N2/c1-3-11-35(12-4-1)37-23-29-44(30-24-37)54-48-17-9-7-15-45(48)46-31-32-50-51(52(46)54)47-16-8-10-18-49(47)53(50)43-27-25-38(26-28-43)40-20-22-41-33-39(19-21-42(41)34-40)36-13-5-2-6-14-36/h1-34H. The van der Waals surface area contributed by atoms with Crippen LogP contribution in [0, 0.1) is 0 Å². The number of rotatable bonds is 5. The van der Waals surface area contributed by atoms with E-state index in [1.165, 1.54) is 87.8 Å². The van der Waals surface area contributed by atoms with Crippen LogP contribution in [0.25, 0.3) is 99.1 Å². The van der Waals surface area contributed by atoms with E-state index >= 15 is 0 Å². The largest absolute Gasteiger partial charge is 0.309 e. The fraction of sp³-hybridized carbons (Fsp3) is 0. The molecule has 0 atom stereocenters. The molecule has 2 heteroatoms. The summed E-state index contributed by atoms with van der Waals surface area (Å²) in [5.74, 6) is 0. The van der Waals surface area contributed by atoms with Gasteiger partial charge in [-0.05, 0) is 98.8 Å². The summed E-state index contributed by atoms with van der Waals surface area (Å²) in [6, 6.07) is 75.1. The summed E-state index contributed by atoms with van der Waals surface area (Å²) >= 11 is 0. The second-order valence-corrected chi connectivity index (χ2v) is 14.2. The fourth-order valence-corrected chi connectivity index (χ4v) is 8.53. The molecule has 0 spiro atoms. The van der Waals surface area contributed by atoms with E-state index in [0.29, 0.717) is 0 Å². The van der Waals surface area contributed by atoms with Gasteiger partial charge >= 0.3 is 0 Å². The van der Waals surface area contributed by atoms with Gasteiger partial charge in [0.2, 0.25) is 0 Å². The summed E-state index contributed by atoms with van der Waals surface area (Å²) in [7, 11) is 0. The molecular weight excluding hydrogens is 653 g/mol. The Hall–Kier alpha value is -7.16. The van der Waals surface area contributed by atoms with Crippen molar-refractivity contribution in [3.63, 3.8) is 0 Å². The van der Waals surface area contributed by atoms with Crippen LogP contribution in [0.1, 0.15) is 0 Å². The van der Waals surface area contributed by atoms with Gasteiger partial charge in [0.1, 0.15) is 0 Å². The predicted molar refractivity (Wildman–Crippen MR) is 229 cm³/mol. The Morgan fingerprint density at radius 3 is 1.31 bits per heavy atom. The van der Waals surface area contributed by atoms with E-state index in [9.17, 15) is 0 Å². The first-order valence-corrected chi connectivity index (χ1v) is 18.6. The second kappa shape index (κ2) is 12.2.